The van der Waals surface area contributed by atoms with Crippen molar-refractivity contribution in [2.45, 2.75) is 64.7 Å². The second-order valence-electron chi connectivity index (χ2n) is 9.31. The van der Waals surface area contributed by atoms with Crippen LogP contribution in [0.1, 0.15) is 62.9 Å². The van der Waals surface area contributed by atoms with Crippen LogP contribution < -0.4 is 5.32 Å². The van der Waals surface area contributed by atoms with Gasteiger partial charge in [-0.25, -0.2) is 0 Å². The maximum absolute atomic E-state index is 13.0. The summed E-state index contributed by atoms with van der Waals surface area (Å²) in [6.07, 6.45) is 6.84. The minimum atomic E-state index is -4.43. The van der Waals surface area contributed by atoms with Crippen LogP contribution in [0.2, 0.25) is 0 Å². The van der Waals surface area contributed by atoms with E-state index >= 15 is 0 Å². The maximum atomic E-state index is 13.0. The van der Waals surface area contributed by atoms with Crippen molar-refractivity contribution in [1.29, 1.82) is 0 Å². The number of rotatable bonds is 9. The normalized spacial score (nSPS) is 20.3. The molecule has 2 aromatic rings. The molecular weight excluding hydrogens is 471 g/mol. The summed E-state index contributed by atoms with van der Waals surface area (Å²) in [5.41, 5.74) is 5.91. The number of hydrogen-bond acceptors (Lipinski definition) is 3. The summed E-state index contributed by atoms with van der Waals surface area (Å²) < 4.78 is 39.0. The molecule has 1 aromatic carbocycles. The zero-order valence-corrected chi connectivity index (χ0v) is 22.3. The maximum Gasteiger partial charge on any atom is 0.433 e. The van der Waals surface area contributed by atoms with E-state index in [0.717, 1.165) is 48.7 Å². The van der Waals surface area contributed by atoms with E-state index in [2.05, 4.69) is 72.9 Å². The van der Waals surface area contributed by atoms with E-state index in [0.29, 0.717) is 6.42 Å². The molecule has 2 heterocycles. The molecule has 0 amide bonds. The zero-order chi connectivity index (χ0) is 27.0. The number of aryl methyl sites for hydroxylation is 1. The molecule has 0 radical (unpaired) electrons. The van der Waals surface area contributed by atoms with Crippen LogP contribution in [0.15, 0.2) is 95.9 Å². The molecule has 3 nitrogen and oxygen atoms in total. The monoisotopic (exact) mass is 509 g/mol. The molecule has 6 heteroatoms. The molecule has 0 bridgehead atoms. The van der Waals surface area contributed by atoms with Gasteiger partial charge in [0.1, 0.15) is 5.69 Å². The number of allylic oxidation sites excluding steroid dienone is 4. The molecule has 1 N–H and O–H groups in total. The third-order valence-corrected chi connectivity index (χ3v) is 7.14. The van der Waals surface area contributed by atoms with Crippen LogP contribution in [0.25, 0.3) is 0 Å². The Bertz CT molecular complexity index is 1130. The van der Waals surface area contributed by atoms with Gasteiger partial charge in [0.05, 0.1) is 6.04 Å². The number of nitrogens with zero attached hydrogens (tertiary/aromatic N) is 2. The van der Waals surface area contributed by atoms with Gasteiger partial charge in [0, 0.05) is 31.5 Å². The highest BCUT2D eigenvalue weighted by Gasteiger charge is 2.36. The van der Waals surface area contributed by atoms with Gasteiger partial charge in [0.2, 0.25) is 0 Å². The molecule has 1 aliphatic heterocycles. The minimum Gasteiger partial charge on any atom is -0.390 e. The number of benzene rings is 1. The number of pyridine rings is 1. The van der Waals surface area contributed by atoms with E-state index in [1.54, 1.807) is 6.07 Å². The summed E-state index contributed by atoms with van der Waals surface area (Å²) in [5, 5.41) is 3.27. The molecule has 2 atom stereocenters. The number of piperidine rings is 1. The molecule has 1 fully saturated rings. The topological polar surface area (TPSA) is 28.2 Å². The van der Waals surface area contributed by atoms with Gasteiger partial charge in [-0.15, -0.1) is 0 Å². The predicted octanol–water partition coefficient (Wildman–Crippen LogP) is 7.81. The Morgan fingerprint density at radius 3 is 2.46 bits per heavy atom. The molecule has 1 aromatic heterocycles. The quantitative estimate of drug-likeness (QED) is 0.374. The van der Waals surface area contributed by atoms with Gasteiger partial charge in [-0.2, -0.15) is 13.2 Å². The first-order valence-electron chi connectivity index (χ1n) is 12.9. The fraction of sp³-hybridized carbons (Fsp3) is 0.387. The Kier molecular flexibility index (Phi) is 9.93. The lowest BCUT2D eigenvalue weighted by molar-refractivity contribution is -0.141. The van der Waals surface area contributed by atoms with Crippen LogP contribution in [0, 0.1) is 0 Å². The summed E-state index contributed by atoms with van der Waals surface area (Å²) in [6.45, 7) is 11.5. The van der Waals surface area contributed by atoms with Gasteiger partial charge in [-0.05, 0) is 67.9 Å². The molecule has 198 valence electrons. The van der Waals surface area contributed by atoms with Crippen molar-refractivity contribution in [1.82, 2.24) is 15.2 Å². The molecular formula is C31H38F3N3. The molecule has 0 aliphatic carbocycles. The third-order valence-electron chi connectivity index (χ3n) is 7.14. The van der Waals surface area contributed by atoms with Gasteiger partial charge in [0.25, 0.3) is 0 Å². The van der Waals surface area contributed by atoms with Crippen molar-refractivity contribution in [2.24, 2.45) is 0 Å². The van der Waals surface area contributed by atoms with E-state index in [1.807, 2.05) is 25.2 Å². The summed E-state index contributed by atoms with van der Waals surface area (Å²) in [7, 11) is 1.90. The smallest absolute Gasteiger partial charge is 0.390 e. The van der Waals surface area contributed by atoms with Crippen molar-refractivity contribution in [2.75, 3.05) is 13.6 Å². The number of alkyl halides is 3. The number of aromatic nitrogens is 1. The Morgan fingerprint density at radius 2 is 1.92 bits per heavy atom. The van der Waals surface area contributed by atoms with Gasteiger partial charge >= 0.3 is 6.18 Å². The highest BCUT2D eigenvalue weighted by atomic mass is 19.4. The number of hydrogen-bond donors (Lipinski definition) is 1. The molecule has 0 spiro atoms. The van der Waals surface area contributed by atoms with Crippen LogP contribution in [-0.4, -0.2) is 29.5 Å². The third kappa shape index (κ3) is 7.01. The molecule has 1 aliphatic rings. The van der Waals surface area contributed by atoms with Crippen molar-refractivity contribution in [3.8, 4) is 0 Å². The molecule has 0 saturated carbocycles. The van der Waals surface area contributed by atoms with E-state index < -0.39 is 11.9 Å². The summed E-state index contributed by atoms with van der Waals surface area (Å²) >= 11 is 0. The van der Waals surface area contributed by atoms with Crippen molar-refractivity contribution in [3.63, 3.8) is 0 Å². The SMILES string of the molecule is C=C(NC)C(c1ccccc1)N1CCC(=C/C(=C/C)CC)/C(=C\C)C1CCc1ccc(C(F)(F)F)nc1. The van der Waals surface area contributed by atoms with E-state index in [-0.39, 0.29) is 12.1 Å². The fourth-order valence-electron chi connectivity index (χ4n) is 5.13. The summed E-state index contributed by atoms with van der Waals surface area (Å²) in [4.78, 5) is 6.16. The zero-order valence-electron chi connectivity index (χ0n) is 22.3. The van der Waals surface area contributed by atoms with E-state index in [4.69, 9.17) is 0 Å². The molecule has 37 heavy (non-hydrogen) atoms. The molecule has 1 saturated heterocycles. The Morgan fingerprint density at radius 1 is 1.19 bits per heavy atom. The van der Waals surface area contributed by atoms with Crippen LogP contribution in [0.3, 0.4) is 0 Å². The van der Waals surface area contributed by atoms with Crippen LogP contribution in [0.4, 0.5) is 13.2 Å². The second kappa shape index (κ2) is 12.9. The predicted molar refractivity (Wildman–Crippen MR) is 146 cm³/mol. The second-order valence-corrected chi connectivity index (χ2v) is 9.31. The van der Waals surface area contributed by atoms with Crippen LogP contribution in [0.5, 0.6) is 0 Å². The lowest BCUT2D eigenvalue weighted by atomic mass is 9.83. The summed E-state index contributed by atoms with van der Waals surface area (Å²) in [5.74, 6) is 0. The van der Waals surface area contributed by atoms with Crippen molar-refractivity contribution < 1.29 is 13.2 Å². The highest BCUT2D eigenvalue weighted by molar-refractivity contribution is 5.43. The van der Waals surface area contributed by atoms with Crippen LogP contribution >= 0.6 is 0 Å². The van der Waals surface area contributed by atoms with E-state index in [1.165, 1.54) is 22.9 Å². The number of nitrogens with one attached hydrogen (secondary N) is 1. The number of halogens is 3. The Hall–Kier alpha value is -3.12. The number of likely N-dealkylation sites (tertiary alicyclic amines) is 1. The van der Waals surface area contributed by atoms with Gasteiger partial charge in [-0.3, -0.25) is 9.88 Å². The fourth-order valence-corrected chi connectivity index (χ4v) is 5.13. The van der Waals surface area contributed by atoms with Gasteiger partial charge in [0.15, 0.2) is 0 Å². The highest BCUT2D eigenvalue weighted by Crippen LogP contribution is 2.39. The lowest BCUT2D eigenvalue weighted by Crippen LogP contribution is -2.46. The first-order chi connectivity index (χ1) is 17.7. The standard InChI is InChI=1S/C31H38F3N3/c1-6-23(7-2)20-26-18-19-37(30(22(4)35-5)25-12-10-9-11-13-25)28(27(26)8-3)16-14-24-15-17-29(36-21-24)31(32,33)34/h6,8-13,15,17,20-21,28,30,35H,4,7,14,16,18-19H2,1-3,5H3/b23-6+,26-20-,27-8+. The van der Waals surface area contributed by atoms with Crippen molar-refractivity contribution >= 4 is 0 Å². The molecule has 3 rings (SSSR count). The van der Waals surface area contributed by atoms with Gasteiger partial charge < -0.3 is 5.32 Å². The summed E-state index contributed by atoms with van der Waals surface area (Å²) in [6, 6.07) is 13.0. The Labute approximate surface area is 219 Å². The van der Waals surface area contributed by atoms with Crippen molar-refractivity contribution in [3.05, 3.63) is 113 Å². The first-order valence-corrected chi connectivity index (χ1v) is 12.9. The average Bonchev–Trinajstić information content (AvgIpc) is 2.91. The number of likely N-dealkylation sites (N-methyl/N-ethyl adjacent to an activating group) is 1. The lowest BCUT2D eigenvalue weighted by Gasteiger charge is -2.44. The largest absolute Gasteiger partial charge is 0.433 e. The van der Waals surface area contributed by atoms with Crippen LogP contribution in [-0.2, 0) is 12.6 Å². The van der Waals surface area contributed by atoms with E-state index in [9.17, 15) is 13.2 Å². The molecule has 2 unspecified atom stereocenters. The van der Waals surface area contributed by atoms with Gasteiger partial charge in [-0.1, -0.05) is 73.7 Å². The first kappa shape index (κ1) is 28.5. The average molecular weight is 510 g/mol. The minimum absolute atomic E-state index is 0.0363. The Balaban J connectivity index is 2.00.